The smallest absolute Gasteiger partial charge is 0.407 e. The van der Waals surface area contributed by atoms with Crippen molar-refractivity contribution in [1.29, 1.82) is 0 Å². The van der Waals surface area contributed by atoms with Gasteiger partial charge in [0.2, 0.25) is 11.6 Å². The van der Waals surface area contributed by atoms with Gasteiger partial charge in [0, 0.05) is 74.8 Å². The highest BCUT2D eigenvalue weighted by atomic mass is 32.2. The Morgan fingerprint density at radius 1 is 0.689 bits per heavy atom. The number of nitrogens with one attached hydrogen (secondary N) is 2. The zero-order valence-electron chi connectivity index (χ0n) is 50.1. The van der Waals surface area contributed by atoms with E-state index in [1.807, 2.05) is 29.4 Å². The second kappa shape index (κ2) is 31.8. The number of carbonyl (C=O) groups excluding carboxylic acids is 2. The predicted octanol–water partition coefficient (Wildman–Crippen LogP) is 0.428. The topological polar surface area (TPSA) is 459 Å². The first kappa shape index (κ1) is 74.1. The van der Waals surface area contributed by atoms with Gasteiger partial charge in [0.25, 0.3) is 40.5 Å². The Balaban J connectivity index is 1.07. The number of allylic oxidation sites excluding steroid dienone is 6. The van der Waals surface area contributed by atoms with E-state index in [1.54, 1.807) is 37.3 Å². The van der Waals surface area contributed by atoms with Gasteiger partial charge in [0.15, 0.2) is 24.2 Å². The van der Waals surface area contributed by atoms with Gasteiger partial charge in [-0.2, -0.15) is 33.7 Å². The standard InChI is InChI=1S/C56H82N4O26S4/c1-55(2)39-32-36(90(78,79)80)19-21-41(39)59(44(55)16-8-5-7-15-40-37-20-18-35(89(75,76)77)31-38(37)56(3,22-10-13-29-87(69,70)71)60(40)25-12-14-30-88(72,73)74)24-11-6-9-17-45(63)58-23-26-81-27-28-82-53-51(48(66)46(64)42(33-61)84-53)85-52-49(67)50(86-54(68)57-4)47(65)43(34-62)83-52/h5,7-8,15-16,18-21,31-32,42-43,46-53,61-62,64-67H,6,9-14,17,22-30,33-34H2,1-4H3,(H5-,57,58,63,68,69,70,71,72,73,74,75,76,77,78,79,80)/p+1/t42-,43+,46+,47+,48-,49-,50+,51-,52+,53-,56?/m0/s1. The molecular weight excluding hydrogens is 1270 g/mol. The molecule has 0 saturated carbocycles. The number of aliphatic hydroxyl groups is 6. The molecular formula is C56H83N4O26S4+. The van der Waals surface area contributed by atoms with Gasteiger partial charge in [-0.1, -0.05) is 38.5 Å². The summed E-state index contributed by atoms with van der Waals surface area (Å²) in [5.74, 6) is -1.30. The number of benzene rings is 2. The van der Waals surface area contributed by atoms with Crippen LogP contribution in [0.3, 0.4) is 0 Å². The summed E-state index contributed by atoms with van der Waals surface area (Å²) in [6.07, 6.45) is -5.90. The lowest BCUT2D eigenvalue weighted by atomic mass is 9.83. The first-order valence-corrected chi connectivity index (χ1v) is 35.1. The molecule has 2 aromatic rings. The van der Waals surface area contributed by atoms with Crippen molar-refractivity contribution in [3.05, 3.63) is 89.2 Å². The van der Waals surface area contributed by atoms with Gasteiger partial charge in [-0.15, -0.1) is 0 Å². The number of fused-ring (bicyclic) bond motifs is 2. The minimum Gasteiger partial charge on any atom is -0.440 e. The fourth-order valence-corrected chi connectivity index (χ4v) is 13.5. The predicted molar refractivity (Wildman–Crippen MR) is 320 cm³/mol. The number of ether oxygens (including phenoxy) is 6. The lowest BCUT2D eigenvalue weighted by Crippen LogP contribution is -2.65. The minimum atomic E-state index is -4.68. The van der Waals surface area contributed by atoms with Gasteiger partial charge in [0.1, 0.15) is 49.3 Å². The first-order valence-electron chi connectivity index (χ1n) is 29.0. The van der Waals surface area contributed by atoms with E-state index in [0.29, 0.717) is 53.9 Å². The molecule has 4 aliphatic heterocycles. The molecule has 30 nitrogen and oxygen atoms in total. The molecule has 34 heteroatoms. The molecule has 0 spiro atoms. The Morgan fingerprint density at radius 2 is 1.31 bits per heavy atom. The van der Waals surface area contributed by atoms with Crippen LogP contribution in [0.15, 0.2) is 82.3 Å². The number of anilines is 1. The molecule has 2 fully saturated rings. The normalized spacial score (nSPS) is 26.8. The van der Waals surface area contributed by atoms with E-state index in [4.69, 9.17) is 28.4 Å². The summed E-state index contributed by atoms with van der Waals surface area (Å²) in [5.41, 5.74) is 1.85. The second-order valence-corrected chi connectivity index (χ2v) is 28.7. The highest BCUT2D eigenvalue weighted by Gasteiger charge is 2.53. The highest BCUT2D eigenvalue weighted by Crippen LogP contribution is 2.49. The number of rotatable bonds is 33. The van der Waals surface area contributed by atoms with Crippen LogP contribution in [0.25, 0.3) is 0 Å². The average Bonchev–Trinajstić information content (AvgIpc) is 1.58. The first-order chi connectivity index (χ1) is 42.2. The maximum atomic E-state index is 12.9. The van der Waals surface area contributed by atoms with E-state index in [1.165, 1.54) is 37.4 Å². The van der Waals surface area contributed by atoms with E-state index in [0.717, 1.165) is 5.70 Å². The summed E-state index contributed by atoms with van der Waals surface area (Å²) in [4.78, 5) is 26.2. The Kier molecular flexibility index (Phi) is 26.2. The monoisotopic (exact) mass is 1360 g/mol. The summed E-state index contributed by atoms with van der Waals surface area (Å²) < 4.78 is 170. The molecule has 0 aliphatic carbocycles. The van der Waals surface area contributed by atoms with Crippen LogP contribution in [0, 0.1) is 0 Å². The van der Waals surface area contributed by atoms with Crippen LogP contribution in [-0.4, -0.2) is 237 Å². The lowest BCUT2D eigenvalue weighted by Gasteiger charge is -2.46. The number of hydrogen-bond acceptors (Lipinski definition) is 23. The van der Waals surface area contributed by atoms with Gasteiger partial charge in [-0.25, -0.2) is 9.37 Å². The quantitative estimate of drug-likeness (QED) is 0.0199. The largest absolute Gasteiger partial charge is 0.440 e. The number of unbranched alkanes of at least 4 members (excludes halogenated alkanes) is 4. The van der Waals surface area contributed by atoms with E-state index in [-0.39, 0.29) is 87.1 Å². The van der Waals surface area contributed by atoms with Crippen molar-refractivity contribution in [2.75, 3.05) is 76.1 Å². The SMILES string of the molecule is CNC(=O)O[C@H]1[C@H](O)[C@@H](O[C@@H]2[C@@H](OCCOCCNC(=O)CCCCCN3\C(=C/C=C/C=C/C4=[N+](CCCCS(=O)(=O)O)C(C)(CCCCS(=O)(=O)O)c5cc(S(=O)(=O)O)ccc54)C(C)(C)c4cc(S(=O)(=O)O)ccc43)O[C@@H](CO)[C@@H](O)[C@@H]2O)O[C@H](CO)[C@H]1O. The molecule has 4 aliphatic rings. The third-order valence-corrected chi connectivity index (χ3v) is 19.3. The zero-order valence-corrected chi connectivity index (χ0v) is 53.4. The molecule has 11 atom stereocenters. The van der Waals surface area contributed by atoms with Gasteiger partial charge >= 0.3 is 6.09 Å². The highest BCUT2D eigenvalue weighted by molar-refractivity contribution is 7.86. The molecule has 6 rings (SSSR count). The van der Waals surface area contributed by atoms with Crippen molar-refractivity contribution < 1.29 is 125 Å². The summed E-state index contributed by atoms with van der Waals surface area (Å²) in [6.45, 7) is 4.56. The van der Waals surface area contributed by atoms with Crippen molar-refractivity contribution in [3.8, 4) is 0 Å². The number of carbonyl (C=O) groups is 2. The van der Waals surface area contributed by atoms with Crippen LogP contribution in [0.1, 0.15) is 95.2 Å². The van der Waals surface area contributed by atoms with Gasteiger partial charge in [-0.3, -0.25) is 23.0 Å². The lowest BCUT2D eigenvalue weighted by molar-refractivity contribution is -0.610. The van der Waals surface area contributed by atoms with Gasteiger partial charge in [0.05, 0.1) is 59.9 Å². The summed E-state index contributed by atoms with van der Waals surface area (Å²) in [5, 5.41) is 67.6. The van der Waals surface area contributed by atoms with E-state index < -0.39 is 144 Å². The maximum absolute atomic E-state index is 12.9. The Labute approximate surface area is 523 Å². The van der Waals surface area contributed by atoms with Crippen LogP contribution in [-0.2, 0) is 84.6 Å². The maximum Gasteiger partial charge on any atom is 0.407 e. The molecule has 12 N–H and O–H groups in total. The number of aliphatic hydroxyl groups excluding tert-OH is 6. The van der Waals surface area contributed by atoms with E-state index in [9.17, 15) is 92.1 Å². The summed E-state index contributed by atoms with van der Waals surface area (Å²) in [6, 6.07) is 8.43. The summed E-state index contributed by atoms with van der Waals surface area (Å²) >= 11 is 0. The molecule has 0 aromatic heterocycles. The van der Waals surface area contributed by atoms with Crippen molar-refractivity contribution in [2.45, 2.75) is 161 Å². The zero-order chi connectivity index (χ0) is 66.6. The molecule has 1 unspecified atom stereocenters. The van der Waals surface area contributed by atoms with Crippen molar-refractivity contribution in [2.24, 2.45) is 0 Å². The average molecular weight is 1360 g/mol. The number of alkyl carbamates (subject to hydrolysis) is 1. The van der Waals surface area contributed by atoms with Crippen LogP contribution in [0.4, 0.5) is 10.5 Å². The molecule has 0 bridgehead atoms. The van der Waals surface area contributed by atoms with Gasteiger partial charge in [-0.05, 0) is 80.1 Å². The Hall–Kier alpha value is -4.93. The third kappa shape index (κ3) is 19.3. The van der Waals surface area contributed by atoms with E-state index >= 15 is 0 Å². The van der Waals surface area contributed by atoms with Gasteiger partial charge < -0.3 is 74.6 Å². The molecule has 2 aromatic carbocycles. The molecule has 506 valence electrons. The van der Waals surface area contributed by atoms with E-state index in [2.05, 4.69) is 10.6 Å². The fraction of sp³-hybridized carbons (Fsp3) is 0.625. The van der Waals surface area contributed by atoms with Crippen molar-refractivity contribution >= 4 is 63.9 Å². The van der Waals surface area contributed by atoms with Crippen molar-refractivity contribution in [1.82, 2.24) is 10.6 Å². The minimum absolute atomic E-state index is 0.0430. The number of amides is 2. The third-order valence-electron chi connectivity index (χ3n) is 16.0. The number of hydrogen-bond donors (Lipinski definition) is 12. The Morgan fingerprint density at radius 3 is 1.94 bits per heavy atom. The summed E-state index contributed by atoms with van der Waals surface area (Å²) in [7, 11) is -16.6. The molecule has 0 radical (unpaired) electrons. The number of nitrogens with zero attached hydrogens (tertiary/aromatic N) is 2. The van der Waals surface area contributed by atoms with Crippen LogP contribution < -0.4 is 15.5 Å². The molecule has 2 saturated heterocycles. The second-order valence-electron chi connectivity index (χ2n) is 22.7. The van der Waals surface area contributed by atoms with Crippen LogP contribution in [0.5, 0.6) is 0 Å². The molecule has 4 heterocycles. The molecule has 2 amide bonds. The molecule has 90 heavy (non-hydrogen) atoms. The van der Waals surface area contributed by atoms with Crippen LogP contribution >= 0.6 is 0 Å². The van der Waals surface area contributed by atoms with Crippen molar-refractivity contribution in [3.63, 3.8) is 0 Å². The fourth-order valence-electron chi connectivity index (χ4n) is 11.3. The van der Waals surface area contributed by atoms with Crippen LogP contribution in [0.2, 0.25) is 0 Å². The Bertz CT molecular complexity index is 3420.